The molecule has 0 spiro atoms. The van der Waals surface area contributed by atoms with Gasteiger partial charge in [0.25, 0.3) is 5.91 Å². The molecule has 0 heterocycles. The molecule has 0 aliphatic carbocycles. The maximum atomic E-state index is 12.1. The number of nitrogen functional groups attached to an aromatic ring is 1. The number of hydrogen-bond acceptors (Lipinski definition) is 3. The molecule has 94 valence electrons. The molecular weight excluding hydrogens is 284 g/mol. The Morgan fingerprint density at radius 3 is 2.76 bits per heavy atom. The van der Waals surface area contributed by atoms with Crippen LogP contribution in [0.5, 0.6) is 0 Å². The predicted octanol–water partition coefficient (Wildman–Crippen LogP) is 2.14. The van der Waals surface area contributed by atoms with Gasteiger partial charge in [-0.25, -0.2) is 0 Å². The average Bonchev–Trinajstić information content (AvgIpc) is 2.27. The molecule has 0 bridgehead atoms. The molecule has 0 fully saturated rings. The normalized spacial score (nSPS) is 10.3. The Hall–Kier alpha value is -1.07. The van der Waals surface area contributed by atoms with Gasteiger partial charge in [0, 0.05) is 43.0 Å². The quantitative estimate of drug-likeness (QED) is 0.669. The lowest BCUT2D eigenvalue weighted by molar-refractivity contribution is 0.0779. The highest BCUT2D eigenvalue weighted by Gasteiger charge is 2.12. The van der Waals surface area contributed by atoms with Crippen LogP contribution in [0.1, 0.15) is 16.8 Å². The number of rotatable bonds is 5. The maximum Gasteiger partial charge on any atom is 0.253 e. The van der Waals surface area contributed by atoms with Gasteiger partial charge in [-0.2, -0.15) is 0 Å². The summed E-state index contributed by atoms with van der Waals surface area (Å²) in [5.41, 5.74) is 6.87. The third-order valence-corrected chi connectivity index (χ3v) is 2.81. The fourth-order valence-electron chi connectivity index (χ4n) is 1.50. The van der Waals surface area contributed by atoms with E-state index in [4.69, 9.17) is 10.5 Å². The molecule has 1 rings (SSSR count). The molecule has 0 saturated carbocycles. The van der Waals surface area contributed by atoms with Gasteiger partial charge in [-0.3, -0.25) is 4.79 Å². The summed E-state index contributed by atoms with van der Waals surface area (Å²) in [7, 11) is 3.42. The Morgan fingerprint density at radius 2 is 2.18 bits per heavy atom. The van der Waals surface area contributed by atoms with Crippen molar-refractivity contribution in [2.45, 2.75) is 6.42 Å². The zero-order valence-corrected chi connectivity index (χ0v) is 11.7. The molecule has 0 unspecified atom stereocenters. The van der Waals surface area contributed by atoms with E-state index in [0.29, 0.717) is 24.4 Å². The summed E-state index contributed by atoms with van der Waals surface area (Å²) in [5, 5.41) is 0. The van der Waals surface area contributed by atoms with Crippen LogP contribution in [0.4, 0.5) is 5.69 Å². The van der Waals surface area contributed by atoms with E-state index in [0.717, 1.165) is 10.9 Å². The van der Waals surface area contributed by atoms with Gasteiger partial charge in [0.1, 0.15) is 0 Å². The van der Waals surface area contributed by atoms with E-state index in [-0.39, 0.29) is 5.91 Å². The fourth-order valence-corrected chi connectivity index (χ4v) is 2.01. The first-order chi connectivity index (χ1) is 8.04. The Labute approximate surface area is 110 Å². The molecule has 17 heavy (non-hydrogen) atoms. The van der Waals surface area contributed by atoms with Gasteiger partial charge in [0.05, 0.1) is 0 Å². The van der Waals surface area contributed by atoms with Crippen LogP contribution >= 0.6 is 15.9 Å². The lowest BCUT2D eigenvalue weighted by atomic mass is 10.2. The third-order valence-electron chi connectivity index (χ3n) is 2.36. The smallest absolute Gasteiger partial charge is 0.253 e. The molecule has 0 aliphatic rings. The number of hydrogen-bond donors (Lipinski definition) is 1. The van der Waals surface area contributed by atoms with Crippen molar-refractivity contribution in [3.63, 3.8) is 0 Å². The van der Waals surface area contributed by atoms with Crippen LogP contribution in [0.15, 0.2) is 22.7 Å². The monoisotopic (exact) mass is 300 g/mol. The molecule has 1 amide bonds. The lowest BCUT2D eigenvalue weighted by Gasteiger charge is -2.17. The summed E-state index contributed by atoms with van der Waals surface area (Å²) in [5.74, 6) is -0.0332. The Bertz CT molecular complexity index is 376. The van der Waals surface area contributed by atoms with Crippen molar-refractivity contribution in [2.24, 2.45) is 0 Å². The zero-order chi connectivity index (χ0) is 12.8. The molecule has 4 nitrogen and oxygen atoms in total. The van der Waals surface area contributed by atoms with E-state index >= 15 is 0 Å². The minimum Gasteiger partial charge on any atom is -0.399 e. The van der Waals surface area contributed by atoms with Crippen LogP contribution in [0.2, 0.25) is 0 Å². The molecule has 0 saturated heterocycles. The van der Waals surface area contributed by atoms with Crippen molar-refractivity contribution < 1.29 is 9.53 Å². The van der Waals surface area contributed by atoms with Gasteiger partial charge in [-0.05, 0) is 24.6 Å². The summed E-state index contributed by atoms with van der Waals surface area (Å²) < 4.78 is 5.76. The van der Waals surface area contributed by atoms with Crippen molar-refractivity contribution in [1.82, 2.24) is 4.90 Å². The molecule has 0 aromatic heterocycles. The van der Waals surface area contributed by atoms with Crippen LogP contribution in [-0.4, -0.2) is 38.1 Å². The van der Waals surface area contributed by atoms with Crippen molar-refractivity contribution in [2.75, 3.05) is 33.0 Å². The second kappa shape index (κ2) is 6.61. The van der Waals surface area contributed by atoms with Crippen LogP contribution in [0, 0.1) is 0 Å². The van der Waals surface area contributed by atoms with E-state index in [2.05, 4.69) is 15.9 Å². The van der Waals surface area contributed by atoms with Crippen LogP contribution in [0.3, 0.4) is 0 Å². The van der Waals surface area contributed by atoms with Gasteiger partial charge < -0.3 is 15.4 Å². The van der Waals surface area contributed by atoms with Crippen molar-refractivity contribution in [3.05, 3.63) is 28.2 Å². The first kappa shape index (κ1) is 14.0. The van der Waals surface area contributed by atoms with Gasteiger partial charge in [0.2, 0.25) is 0 Å². The van der Waals surface area contributed by atoms with Gasteiger partial charge >= 0.3 is 0 Å². The van der Waals surface area contributed by atoms with Gasteiger partial charge in [-0.15, -0.1) is 0 Å². The zero-order valence-electron chi connectivity index (χ0n) is 10.1. The topological polar surface area (TPSA) is 55.6 Å². The Balaban J connectivity index is 2.68. The van der Waals surface area contributed by atoms with E-state index in [1.807, 2.05) is 0 Å². The molecule has 1 aromatic rings. The SMILES string of the molecule is COCCCN(C)C(=O)c1cc(N)cc(Br)c1. The number of nitrogens with zero attached hydrogens (tertiary/aromatic N) is 1. The van der Waals surface area contributed by atoms with Crippen LogP contribution in [-0.2, 0) is 4.74 Å². The van der Waals surface area contributed by atoms with Gasteiger partial charge in [-0.1, -0.05) is 15.9 Å². The first-order valence-corrected chi connectivity index (χ1v) is 6.14. The van der Waals surface area contributed by atoms with Gasteiger partial charge in [0.15, 0.2) is 0 Å². The molecule has 0 aliphatic heterocycles. The van der Waals surface area contributed by atoms with E-state index < -0.39 is 0 Å². The minimum absolute atomic E-state index is 0.0332. The van der Waals surface area contributed by atoms with Crippen molar-refractivity contribution >= 4 is 27.5 Å². The number of amides is 1. The standard InChI is InChI=1S/C12H17BrN2O2/c1-15(4-3-5-17-2)12(16)9-6-10(13)8-11(14)7-9/h6-8H,3-5,14H2,1-2H3. The molecule has 2 N–H and O–H groups in total. The van der Waals surface area contributed by atoms with E-state index in [1.54, 1.807) is 37.3 Å². The number of anilines is 1. The van der Waals surface area contributed by atoms with Crippen LogP contribution < -0.4 is 5.73 Å². The number of benzene rings is 1. The minimum atomic E-state index is -0.0332. The summed E-state index contributed by atoms with van der Waals surface area (Å²) in [6.45, 7) is 1.32. The average molecular weight is 301 g/mol. The van der Waals surface area contributed by atoms with Crippen LogP contribution in [0.25, 0.3) is 0 Å². The number of halogens is 1. The molecule has 1 aromatic carbocycles. The second-order valence-corrected chi connectivity index (χ2v) is 4.76. The third kappa shape index (κ3) is 4.36. The van der Waals surface area contributed by atoms with Crippen molar-refractivity contribution in [3.8, 4) is 0 Å². The highest BCUT2D eigenvalue weighted by molar-refractivity contribution is 9.10. The lowest BCUT2D eigenvalue weighted by Crippen LogP contribution is -2.28. The Morgan fingerprint density at radius 1 is 1.47 bits per heavy atom. The largest absolute Gasteiger partial charge is 0.399 e. The first-order valence-electron chi connectivity index (χ1n) is 5.35. The summed E-state index contributed by atoms with van der Waals surface area (Å²) >= 11 is 3.32. The van der Waals surface area contributed by atoms with E-state index in [1.165, 1.54) is 0 Å². The second-order valence-electron chi connectivity index (χ2n) is 3.85. The molecule has 5 heteroatoms. The summed E-state index contributed by atoms with van der Waals surface area (Å²) in [6, 6.07) is 5.22. The number of nitrogens with two attached hydrogens (primary N) is 1. The summed E-state index contributed by atoms with van der Waals surface area (Å²) in [4.78, 5) is 13.7. The highest BCUT2D eigenvalue weighted by Crippen LogP contribution is 2.18. The number of carbonyl (C=O) groups excluding carboxylic acids is 1. The molecule has 0 radical (unpaired) electrons. The molecule has 0 atom stereocenters. The molecular formula is C12H17BrN2O2. The number of carbonyl (C=O) groups is 1. The van der Waals surface area contributed by atoms with E-state index in [9.17, 15) is 4.79 Å². The fraction of sp³-hybridized carbons (Fsp3) is 0.417. The Kier molecular flexibility index (Phi) is 5.44. The summed E-state index contributed by atoms with van der Waals surface area (Å²) in [6.07, 6.45) is 0.822. The highest BCUT2D eigenvalue weighted by atomic mass is 79.9. The maximum absolute atomic E-state index is 12.1. The number of ether oxygens (including phenoxy) is 1. The number of methoxy groups -OCH3 is 1. The predicted molar refractivity (Wildman–Crippen MR) is 72.0 cm³/mol. The van der Waals surface area contributed by atoms with Crippen molar-refractivity contribution in [1.29, 1.82) is 0 Å².